The molecule has 1 aromatic carbocycles. The Kier molecular flexibility index (Phi) is 4.97. The molecule has 0 fully saturated rings. The van der Waals surface area contributed by atoms with Crippen LogP contribution in [0.2, 0.25) is 0 Å². The molecule has 2 rings (SSSR count). The first-order chi connectivity index (χ1) is 9.72. The van der Waals surface area contributed by atoms with Crippen LogP contribution in [0.4, 0.5) is 17.3 Å². The first-order valence-electron chi connectivity index (χ1n) is 6.40. The Balaban J connectivity index is 2.22. The Labute approximate surface area is 127 Å². The minimum Gasteiger partial charge on any atom is -0.370 e. The molecule has 20 heavy (non-hydrogen) atoms. The van der Waals surface area contributed by atoms with Crippen LogP contribution in [-0.2, 0) is 0 Å². The largest absolute Gasteiger partial charge is 0.370 e. The van der Waals surface area contributed by atoms with E-state index in [1.54, 1.807) is 6.07 Å². The van der Waals surface area contributed by atoms with Crippen LogP contribution in [-0.4, -0.2) is 11.5 Å². The fourth-order valence-corrected chi connectivity index (χ4v) is 2.07. The van der Waals surface area contributed by atoms with Crippen LogP contribution in [0.25, 0.3) is 0 Å². The van der Waals surface area contributed by atoms with Gasteiger partial charge in [-0.05, 0) is 36.8 Å². The fraction of sp³-hybridized carbons (Fsp3) is 0.200. The molecule has 0 bridgehead atoms. The van der Waals surface area contributed by atoms with Crippen LogP contribution in [0.15, 0.2) is 40.9 Å². The molecule has 0 saturated carbocycles. The predicted octanol–water partition coefficient (Wildman–Crippen LogP) is 4.28. The third-order valence-corrected chi connectivity index (χ3v) is 3.16. The maximum atomic E-state index is 9.12. The minimum absolute atomic E-state index is 0.585. The minimum atomic E-state index is 0.585. The van der Waals surface area contributed by atoms with E-state index in [4.69, 9.17) is 5.26 Å². The summed E-state index contributed by atoms with van der Waals surface area (Å²) < 4.78 is 0.916. The van der Waals surface area contributed by atoms with Crippen molar-refractivity contribution >= 4 is 33.3 Å². The zero-order chi connectivity index (χ0) is 14.4. The third-order valence-electron chi connectivity index (χ3n) is 2.67. The molecule has 5 heteroatoms. The zero-order valence-corrected chi connectivity index (χ0v) is 12.7. The van der Waals surface area contributed by atoms with Gasteiger partial charge in [-0.3, -0.25) is 0 Å². The van der Waals surface area contributed by atoms with E-state index in [2.05, 4.69) is 44.5 Å². The summed E-state index contributed by atoms with van der Waals surface area (Å²) in [5.41, 5.74) is 1.32. The molecule has 0 unspecified atom stereocenters. The van der Waals surface area contributed by atoms with E-state index >= 15 is 0 Å². The average Bonchev–Trinajstić information content (AvgIpc) is 2.46. The van der Waals surface area contributed by atoms with Crippen molar-refractivity contribution < 1.29 is 0 Å². The highest BCUT2D eigenvalue weighted by atomic mass is 79.9. The molecule has 0 saturated heterocycles. The quantitative estimate of drug-likeness (QED) is 0.858. The van der Waals surface area contributed by atoms with Crippen LogP contribution < -0.4 is 10.6 Å². The van der Waals surface area contributed by atoms with Crippen molar-refractivity contribution in [1.29, 1.82) is 5.26 Å². The number of nitrogens with zero attached hydrogens (tertiary/aromatic N) is 2. The van der Waals surface area contributed by atoms with Gasteiger partial charge in [-0.25, -0.2) is 4.98 Å². The van der Waals surface area contributed by atoms with E-state index in [-0.39, 0.29) is 0 Å². The summed E-state index contributed by atoms with van der Waals surface area (Å²) in [5.74, 6) is 1.53. The van der Waals surface area contributed by atoms with Gasteiger partial charge in [0.1, 0.15) is 17.7 Å². The monoisotopic (exact) mass is 330 g/mol. The van der Waals surface area contributed by atoms with Gasteiger partial charge in [-0.1, -0.05) is 28.9 Å². The number of halogens is 1. The molecule has 0 spiro atoms. The van der Waals surface area contributed by atoms with Gasteiger partial charge in [0.25, 0.3) is 0 Å². The van der Waals surface area contributed by atoms with Gasteiger partial charge >= 0.3 is 0 Å². The zero-order valence-electron chi connectivity index (χ0n) is 11.2. The predicted molar refractivity (Wildman–Crippen MR) is 85.2 cm³/mol. The molecule has 2 N–H and O–H groups in total. The summed E-state index contributed by atoms with van der Waals surface area (Å²) in [6, 6.07) is 13.4. The molecule has 102 valence electrons. The van der Waals surface area contributed by atoms with Crippen molar-refractivity contribution in [3.63, 3.8) is 0 Å². The van der Waals surface area contributed by atoms with Crippen LogP contribution in [0.3, 0.4) is 0 Å². The van der Waals surface area contributed by atoms with E-state index in [0.717, 1.165) is 28.9 Å². The fourth-order valence-electron chi connectivity index (χ4n) is 1.71. The van der Waals surface area contributed by atoms with Crippen molar-refractivity contribution in [2.75, 3.05) is 17.2 Å². The lowest BCUT2D eigenvalue weighted by molar-refractivity contribution is 0.970. The summed E-state index contributed by atoms with van der Waals surface area (Å²) in [6.07, 6.45) is 1.05. The van der Waals surface area contributed by atoms with Crippen molar-refractivity contribution in [2.45, 2.75) is 13.3 Å². The Morgan fingerprint density at radius 3 is 2.80 bits per heavy atom. The highest BCUT2D eigenvalue weighted by molar-refractivity contribution is 9.10. The molecule has 4 nitrogen and oxygen atoms in total. The number of pyridine rings is 1. The van der Waals surface area contributed by atoms with E-state index in [9.17, 15) is 0 Å². The van der Waals surface area contributed by atoms with Gasteiger partial charge in [-0.2, -0.15) is 5.26 Å². The van der Waals surface area contributed by atoms with Crippen LogP contribution in [0.1, 0.15) is 18.9 Å². The Hall–Kier alpha value is -2.06. The van der Waals surface area contributed by atoms with Crippen molar-refractivity contribution in [2.24, 2.45) is 0 Å². The number of hydrogen-bond donors (Lipinski definition) is 2. The summed E-state index contributed by atoms with van der Waals surface area (Å²) in [6.45, 7) is 2.99. The number of anilines is 3. The summed E-state index contributed by atoms with van der Waals surface area (Å²) in [5, 5.41) is 15.5. The second-order valence-corrected chi connectivity index (χ2v) is 5.18. The van der Waals surface area contributed by atoms with Gasteiger partial charge in [0.2, 0.25) is 0 Å². The van der Waals surface area contributed by atoms with E-state index < -0.39 is 0 Å². The molecule has 0 radical (unpaired) electrons. The second kappa shape index (κ2) is 6.92. The number of nitrogens with one attached hydrogen (secondary N) is 2. The van der Waals surface area contributed by atoms with Crippen LogP contribution >= 0.6 is 15.9 Å². The van der Waals surface area contributed by atoms with Gasteiger partial charge < -0.3 is 10.6 Å². The topological polar surface area (TPSA) is 60.7 Å². The number of aromatic nitrogens is 1. The SMILES string of the molecule is CCCNc1cccc(Nc2cc(Br)ccc2C#N)n1. The highest BCUT2D eigenvalue weighted by Gasteiger charge is 2.04. The number of nitriles is 1. The standard InChI is InChI=1S/C15H15BrN4/c1-2-8-18-14-4-3-5-15(20-14)19-13-9-12(16)7-6-11(13)10-17/h3-7,9H,2,8H2,1H3,(H2,18,19,20). The number of rotatable bonds is 5. The van der Waals surface area contributed by atoms with E-state index in [0.29, 0.717) is 11.4 Å². The average molecular weight is 331 g/mol. The Morgan fingerprint density at radius 1 is 1.25 bits per heavy atom. The maximum absolute atomic E-state index is 9.12. The molecule has 2 aromatic rings. The van der Waals surface area contributed by atoms with Gasteiger partial charge in [0.05, 0.1) is 11.3 Å². The van der Waals surface area contributed by atoms with Crippen molar-refractivity contribution in [3.8, 4) is 6.07 Å². The molecule has 0 aliphatic carbocycles. The van der Waals surface area contributed by atoms with E-state index in [1.165, 1.54) is 0 Å². The summed E-state index contributed by atoms with van der Waals surface area (Å²) in [4.78, 5) is 4.46. The lowest BCUT2D eigenvalue weighted by Crippen LogP contribution is -2.03. The van der Waals surface area contributed by atoms with Crippen LogP contribution in [0.5, 0.6) is 0 Å². The maximum Gasteiger partial charge on any atom is 0.132 e. The summed E-state index contributed by atoms with van der Waals surface area (Å²) in [7, 11) is 0. The highest BCUT2D eigenvalue weighted by Crippen LogP contribution is 2.24. The van der Waals surface area contributed by atoms with E-state index in [1.807, 2.05) is 30.3 Å². The van der Waals surface area contributed by atoms with Gasteiger partial charge in [0, 0.05) is 11.0 Å². The molecular weight excluding hydrogens is 316 g/mol. The lowest BCUT2D eigenvalue weighted by Gasteiger charge is -2.10. The van der Waals surface area contributed by atoms with Crippen LogP contribution in [0, 0.1) is 11.3 Å². The first kappa shape index (κ1) is 14.4. The van der Waals surface area contributed by atoms with Gasteiger partial charge in [0.15, 0.2) is 0 Å². The lowest BCUT2D eigenvalue weighted by atomic mass is 10.2. The molecule has 0 aliphatic rings. The molecule has 1 heterocycles. The Bertz CT molecular complexity index is 634. The van der Waals surface area contributed by atoms with Crippen molar-refractivity contribution in [3.05, 3.63) is 46.4 Å². The van der Waals surface area contributed by atoms with Crippen molar-refractivity contribution in [1.82, 2.24) is 4.98 Å². The molecule has 0 amide bonds. The first-order valence-corrected chi connectivity index (χ1v) is 7.20. The molecule has 1 aromatic heterocycles. The number of hydrogen-bond acceptors (Lipinski definition) is 4. The smallest absolute Gasteiger partial charge is 0.132 e. The Morgan fingerprint density at radius 2 is 2.05 bits per heavy atom. The summed E-state index contributed by atoms with van der Waals surface area (Å²) >= 11 is 3.41. The molecular formula is C15H15BrN4. The normalized spacial score (nSPS) is 9.85. The number of benzene rings is 1. The molecule has 0 atom stereocenters. The van der Waals surface area contributed by atoms with Gasteiger partial charge in [-0.15, -0.1) is 0 Å². The second-order valence-electron chi connectivity index (χ2n) is 4.26. The third kappa shape index (κ3) is 3.72. The molecule has 0 aliphatic heterocycles.